The standard InChI is InChI=1S/C15H25N3O2/c1-17-8-9-18(10-14(17)19)15(20)13-7-6-11-4-2-3-5-12(11)16-13/h11-13,16H,2-10H2,1H3. The van der Waals surface area contributed by atoms with E-state index in [9.17, 15) is 9.59 Å². The summed E-state index contributed by atoms with van der Waals surface area (Å²) >= 11 is 0. The fourth-order valence-electron chi connectivity index (χ4n) is 3.86. The van der Waals surface area contributed by atoms with Crippen LogP contribution in [0.3, 0.4) is 0 Å². The zero-order valence-electron chi connectivity index (χ0n) is 12.3. The zero-order chi connectivity index (χ0) is 14.1. The van der Waals surface area contributed by atoms with Crippen LogP contribution in [-0.4, -0.2) is 60.4 Å². The number of rotatable bonds is 1. The van der Waals surface area contributed by atoms with Crippen molar-refractivity contribution in [1.29, 1.82) is 0 Å². The van der Waals surface area contributed by atoms with Gasteiger partial charge in [-0.25, -0.2) is 0 Å². The summed E-state index contributed by atoms with van der Waals surface area (Å²) in [5.41, 5.74) is 0. The summed E-state index contributed by atoms with van der Waals surface area (Å²) in [6.07, 6.45) is 7.23. The highest BCUT2D eigenvalue weighted by Gasteiger charge is 2.37. The molecule has 0 bridgehead atoms. The van der Waals surface area contributed by atoms with Gasteiger partial charge in [0, 0.05) is 26.2 Å². The minimum absolute atomic E-state index is 0.0518. The third-order valence-electron chi connectivity index (χ3n) is 5.22. The summed E-state index contributed by atoms with van der Waals surface area (Å²) in [5.74, 6) is 0.952. The van der Waals surface area contributed by atoms with Crippen LogP contribution in [0.2, 0.25) is 0 Å². The first-order valence-electron chi connectivity index (χ1n) is 7.94. The number of amides is 2. The van der Waals surface area contributed by atoms with E-state index in [0.717, 1.165) is 18.8 Å². The number of hydrogen-bond acceptors (Lipinski definition) is 3. The molecule has 1 N–H and O–H groups in total. The van der Waals surface area contributed by atoms with E-state index in [1.807, 2.05) is 0 Å². The molecule has 3 atom stereocenters. The van der Waals surface area contributed by atoms with E-state index in [4.69, 9.17) is 0 Å². The van der Waals surface area contributed by atoms with Gasteiger partial charge in [0.25, 0.3) is 0 Å². The highest BCUT2D eigenvalue weighted by molar-refractivity contribution is 5.88. The van der Waals surface area contributed by atoms with Crippen LogP contribution in [0.4, 0.5) is 0 Å². The molecule has 112 valence electrons. The first-order valence-corrected chi connectivity index (χ1v) is 7.94. The quantitative estimate of drug-likeness (QED) is 0.764. The summed E-state index contributed by atoms with van der Waals surface area (Å²) in [4.78, 5) is 27.7. The zero-order valence-corrected chi connectivity index (χ0v) is 12.3. The summed E-state index contributed by atoms with van der Waals surface area (Å²) in [5, 5.41) is 3.56. The molecule has 0 spiro atoms. The molecule has 3 aliphatic rings. The van der Waals surface area contributed by atoms with E-state index in [1.165, 1.54) is 25.7 Å². The fraction of sp³-hybridized carbons (Fsp3) is 0.867. The van der Waals surface area contributed by atoms with E-state index in [2.05, 4.69) is 5.32 Å². The molecule has 2 saturated heterocycles. The van der Waals surface area contributed by atoms with Gasteiger partial charge < -0.3 is 15.1 Å². The highest BCUT2D eigenvalue weighted by Crippen LogP contribution is 2.32. The SMILES string of the molecule is CN1CCN(C(=O)C2CCC3CCCCC3N2)CC1=O. The van der Waals surface area contributed by atoms with Gasteiger partial charge in [-0.15, -0.1) is 0 Å². The molecule has 0 aromatic carbocycles. The Labute approximate surface area is 120 Å². The Morgan fingerprint density at radius 1 is 1.15 bits per heavy atom. The van der Waals surface area contributed by atoms with Crippen molar-refractivity contribution in [2.75, 3.05) is 26.7 Å². The molecule has 1 saturated carbocycles. The number of hydrogen-bond donors (Lipinski definition) is 1. The summed E-state index contributed by atoms with van der Waals surface area (Å²) in [6.45, 7) is 1.58. The highest BCUT2D eigenvalue weighted by atomic mass is 16.2. The number of fused-ring (bicyclic) bond motifs is 1. The van der Waals surface area contributed by atoms with Gasteiger partial charge in [0.2, 0.25) is 11.8 Å². The third-order valence-corrected chi connectivity index (χ3v) is 5.22. The minimum Gasteiger partial charge on any atom is -0.342 e. The van der Waals surface area contributed by atoms with Gasteiger partial charge in [-0.1, -0.05) is 12.8 Å². The number of likely N-dealkylation sites (N-methyl/N-ethyl adjacent to an activating group) is 1. The van der Waals surface area contributed by atoms with Gasteiger partial charge in [-0.05, 0) is 31.6 Å². The van der Waals surface area contributed by atoms with Crippen molar-refractivity contribution >= 4 is 11.8 Å². The topological polar surface area (TPSA) is 52.6 Å². The van der Waals surface area contributed by atoms with Gasteiger partial charge >= 0.3 is 0 Å². The van der Waals surface area contributed by atoms with E-state index >= 15 is 0 Å². The Balaban J connectivity index is 1.59. The largest absolute Gasteiger partial charge is 0.342 e. The maximum Gasteiger partial charge on any atom is 0.241 e. The van der Waals surface area contributed by atoms with Crippen molar-refractivity contribution in [2.24, 2.45) is 5.92 Å². The van der Waals surface area contributed by atoms with E-state index < -0.39 is 0 Å². The lowest BCUT2D eigenvalue weighted by molar-refractivity contribution is -0.146. The fourth-order valence-corrected chi connectivity index (χ4v) is 3.86. The van der Waals surface area contributed by atoms with E-state index in [-0.39, 0.29) is 24.4 Å². The van der Waals surface area contributed by atoms with Crippen LogP contribution in [0.25, 0.3) is 0 Å². The number of nitrogens with one attached hydrogen (secondary N) is 1. The normalized spacial score (nSPS) is 34.9. The second-order valence-corrected chi connectivity index (χ2v) is 6.52. The van der Waals surface area contributed by atoms with Gasteiger partial charge in [0.15, 0.2) is 0 Å². The lowest BCUT2D eigenvalue weighted by Crippen LogP contribution is -2.59. The predicted molar refractivity (Wildman–Crippen MR) is 76.1 cm³/mol. The van der Waals surface area contributed by atoms with Crippen LogP contribution in [-0.2, 0) is 9.59 Å². The Hall–Kier alpha value is -1.10. The lowest BCUT2D eigenvalue weighted by atomic mass is 9.77. The van der Waals surface area contributed by atoms with Crippen LogP contribution in [0.1, 0.15) is 38.5 Å². The number of carbonyl (C=O) groups excluding carboxylic acids is 2. The van der Waals surface area contributed by atoms with Crippen LogP contribution >= 0.6 is 0 Å². The van der Waals surface area contributed by atoms with Gasteiger partial charge in [0.05, 0.1) is 12.6 Å². The Morgan fingerprint density at radius 2 is 1.95 bits per heavy atom. The second kappa shape index (κ2) is 5.72. The van der Waals surface area contributed by atoms with E-state index in [1.54, 1.807) is 16.8 Å². The maximum atomic E-state index is 12.6. The van der Waals surface area contributed by atoms with Crippen molar-refractivity contribution in [3.8, 4) is 0 Å². The molecule has 1 aliphatic carbocycles. The van der Waals surface area contributed by atoms with Crippen LogP contribution in [0.5, 0.6) is 0 Å². The average Bonchev–Trinajstić information content (AvgIpc) is 2.49. The van der Waals surface area contributed by atoms with E-state index in [0.29, 0.717) is 19.1 Å². The summed E-state index contributed by atoms with van der Waals surface area (Å²) in [6, 6.07) is 0.458. The van der Waals surface area contributed by atoms with Crippen molar-refractivity contribution in [1.82, 2.24) is 15.1 Å². The number of piperidine rings is 1. The predicted octanol–water partition coefficient (Wildman–Crippen LogP) is 0.598. The maximum absolute atomic E-state index is 12.6. The summed E-state index contributed by atoms with van der Waals surface area (Å²) in [7, 11) is 1.80. The van der Waals surface area contributed by atoms with Gasteiger partial charge in [0.1, 0.15) is 0 Å². The monoisotopic (exact) mass is 279 g/mol. The number of nitrogens with zero attached hydrogens (tertiary/aromatic N) is 2. The molecule has 0 aromatic rings. The van der Waals surface area contributed by atoms with Crippen LogP contribution in [0, 0.1) is 5.92 Å². The molecule has 2 aliphatic heterocycles. The molecule has 3 unspecified atom stereocenters. The Morgan fingerprint density at radius 3 is 2.75 bits per heavy atom. The molecule has 2 amide bonds. The molecule has 20 heavy (non-hydrogen) atoms. The molecule has 3 rings (SSSR count). The Bertz CT molecular complexity index is 399. The number of piperazine rings is 1. The molecule has 3 fully saturated rings. The number of carbonyl (C=O) groups is 2. The van der Waals surface area contributed by atoms with Crippen molar-refractivity contribution in [3.05, 3.63) is 0 Å². The molecule has 0 aromatic heterocycles. The summed E-state index contributed by atoms with van der Waals surface area (Å²) < 4.78 is 0. The van der Waals surface area contributed by atoms with Crippen molar-refractivity contribution in [2.45, 2.75) is 50.6 Å². The Kier molecular flexibility index (Phi) is 3.96. The average molecular weight is 279 g/mol. The molecule has 0 radical (unpaired) electrons. The molecule has 5 heteroatoms. The smallest absolute Gasteiger partial charge is 0.241 e. The molecular formula is C15H25N3O2. The van der Waals surface area contributed by atoms with Gasteiger partial charge in [-0.3, -0.25) is 9.59 Å². The van der Waals surface area contributed by atoms with Crippen molar-refractivity contribution in [3.63, 3.8) is 0 Å². The lowest BCUT2D eigenvalue weighted by Gasteiger charge is -2.42. The molecular weight excluding hydrogens is 254 g/mol. The first kappa shape index (κ1) is 13.9. The van der Waals surface area contributed by atoms with Crippen LogP contribution < -0.4 is 5.32 Å². The molecule has 5 nitrogen and oxygen atoms in total. The van der Waals surface area contributed by atoms with Gasteiger partial charge in [-0.2, -0.15) is 0 Å². The van der Waals surface area contributed by atoms with Crippen LogP contribution in [0.15, 0.2) is 0 Å². The van der Waals surface area contributed by atoms with Crippen molar-refractivity contribution < 1.29 is 9.59 Å². The molecule has 2 heterocycles. The third kappa shape index (κ3) is 2.68. The first-order chi connectivity index (χ1) is 9.65. The second-order valence-electron chi connectivity index (χ2n) is 6.52. The minimum atomic E-state index is -0.0643.